The quantitative estimate of drug-likeness (QED) is 0.456. The molecule has 1 aliphatic heterocycles. The minimum absolute atomic E-state index is 0.00709. The number of nitrogens with two attached hydrogens (primary N) is 1. The summed E-state index contributed by atoms with van der Waals surface area (Å²) >= 11 is 6.39. The number of benzene rings is 1. The number of rotatable bonds is 6. The van der Waals surface area contributed by atoms with Crippen LogP contribution in [0.3, 0.4) is 0 Å². The molecule has 4 unspecified atom stereocenters. The number of anilines is 4. The zero-order valence-electron chi connectivity index (χ0n) is 18.5. The van der Waals surface area contributed by atoms with E-state index in [-0.39, 0.29) is 23.8 Å². The van der Waals surface area contributed by atoms with Crippen LogP contribution in [0.15, 0.2) is 30.5 Å². The molecule has 1 aromatic heterocycles. The van der Waals surface area contributed by atoms with Crippen LogP contribution in [0, 0.1) is 11.8 Å². The Bertz CT molecular complexity index is 1170. The molecule has 1 fully saturated rings. The van der Waals surface area contributed by atoms with Crippen molar-refractivity contribution in [3.05, 3.63) is 41.1 Å². The van der Waals surface area contributed by atoms with Crippen molar-refractivity contribution in [3.8, 4) is 5.75 Å². The second-order valence-electron chi connectivity index (χ2n) is 8.61. The predicted octanol–water partition coefficient (Wildman–Crippen LogP) is 3.61. The normalized spacial score (nSPS) is 24.7. The first kappa shape index (κ1) is 22.3. The molecule has 2 aromatic rings. The highest BCUT2D eigenvalue weighted by molar-refractivity contribution is 6.32. The molecule has 1 saturated carbocycles. The lowest BCUT2D eigenvalue weighted by Crippen LogP contribution is -2.41. The van der Waals surface area contributed by atoms with Gasteiger partial charge in [-0.1, -0.05) is 23.8 Å². The average molecular weight is 485 g/mol. The molecular weight excluding hydrogens is 460 g/mol. The Labute approximate surface area is 201 Å². The second kappa shape index (κ2) is 9.02. The summed E-state index contributed by atoms with van der Waals surface area (Å²) < 4.78 is 11.0. The smallest absolute Gasteiger partial charge is 0.404 e. The molecule has 3 aliphatic rings. The molecule has 178 valence electrons. The zero-order valence-corrected chi connectivity index (χ0v) is 19.3. The molecular formula is C23H25ClN6O4. The minimum Gasteiger partial charge on any atom is -0.494 e. The van der Waals surface area contributed by atoms with Gasteiger partial charge in [-0.2, -0.15) is 4.98 Å². The number of halogens is 1. The summed E-state index contributed by atoms with van der Waals surface area (Å²) in [5, 5.41) is 9.78. The zero-order chi connectivity index (χ0) is 23.8. The fraction of sp³-hybridized carbons (Fsp3) is 0.391. The van der Waals surface area contributed by atoms with Gasteiger partial charge >= 0.3 is 6.09 Å². The maximum absolute atomic E-state index is 11.9. The van der Waals surface area contributed by atoms with Gasteiger partial charge in [0, 0.05) is 29.5 Å². The number of hydrogen-bond acceptors (Lipinski definition) is 8. The van der Waals surface area contributed by atoms with E-state index >= 15 is 0 Å². The molecule has 10 nitrogen and oxygen atoms in total. The summed E-state index contributed by atoms with van der Waals surface area (Å²) in [4.78, 5) is 32.2. The Morgan fingerprint density at radius 1 is 1.26 bits per heavy atom. The molecule has 5 N–H and O–H groups in total. The van der Waals surface area contributed by atoms with E-state index in [0.717, 1.165) is 24.1 Å². The van der Waals surface area contributed by atoms with Crippen molar-refractivity contribution in [2.45, 2.75) is 37.8 Å². The Morgan fingerprint density at radius 3 is 2.88 bits per heavy atom. The van der Waals surface area contributed by atoms with Crippen LogP contribution in [0.4, 0.5) is 27.9 Å². The highest BCUT2D eigenvalue weighted by Gasteiger charge is 2.47. The molecule has 1 aromatic carbocycles. The highest BCUT2D eigenvalue weighted by atomic mass is 35.5. The Kier molecular flexibility index (Phi) is 5.91. The molecule has 0 saturated heterocycles. The monoisotopic (exact) mass is 484 g/mol. The van der Waals surface area contributed by atoms with Crippen molar-refractivity contribution in [1.29, 1.82) is 0 Å². The lowest BCUT2D eigenvalue weighted by Gasteiger charge is -2.28. The van der Waals surface area contributed by atoms with Crippen LogP contribution in [0.1, 0.15) is 24.8 Å². The third-order valence-electron chi connectivity index (χ3n) is 6.50. The number of hydrogen-bond donors (Lipinski definition) is 4. The molecule has 4 atom stereocenters. The summed E-state index contributed by atoms with van der Waals surface area (Å²) in [6, 6.07) is 3.45. The van der Waals surface area contributed by atoms with Crippen molar-refractivity contribution in [3.63, 3.8) is 0 Å². The number of carbonyl (C=O) groups excluding carboxylic acids is 2. The van der Waals surface area contributed by atoms with E-state index in [9.17, 15) is 9.59 Å². The molecule has 0 radical (unpaired) electrons. The molecule has 0 spiro atoms. The van der Waals surface area contributed by atoms with E-state index in [0.29, 0.717) is 41.1 Å². The fourth-order valence-electron chi connectivity index (χ4n) is 5.03. The molecule has 2 heterocycles. The number of nitrogens with one attached hydrogen (secondary N) is 3. The van der Waals surface area contributed by atoms with Gasteiger partial charge in [0.2, 0.25) is 11.9 Å². The minimum atomic E-state index is -0.805. The number of primary amides is 1. The molecule has 2 amide bonds. The van der Waals surface area contributed by atoms with E-state index in [2.05, 4.69) is 38.1 Å². The third kappa shape index (κ3) is 4.21. The van der Waals surface area contributed by atoms with Gasteiger partial charge in [-0.25, -0.2) is 9.78 Å². The standard InChI is InChI=1S/C23H25ClN6O4/c1-33-20-13-3-2-4-17(31)27-15(13)7-8-16(20)28-23-26-10-14(24)21(30-23)29-18-11-5-6-12(9-11)19(18)34-22(25)32/h5-8,10-12,18-19H,2-4,9H2,1H3,(H2,25,32)(H,27,31)(H2,26,28,29,30). The SMILES string of the molecule is COc1c(Nc2ncc(Cl)c(NC3C4C=CC(C4)C3OC(N)=O)n2)ccc2c1CCCC(=O)N2. The van der Waals surface area contributed by atoms with Crippen LogP contribution in [0.5, 0.6) is 5.75 Å². The number of nitrogens with zero attached hydrogens (tertiary/aromatic N) is 2. The summed E-state index contributed by atoms with van der Waals surface area (Å²) in [7, 11) is 1.59. The van der Waals surface area contributed by atoms with E-state index in [1.807, 2.05) is 12.1 Å². The van der Waals surface area contributed by atoms with Gasteiger partial charge in [0.15, 0.2) is 5.82 Å². The molecule has 34 heavy (non-hydrogen) atoms. The molecule has 2 bridgehead atoms. The van der Waals surface area contributed by atoms with Crippen LogP contribution >= 0.6 is 11.6 Å². The van der Waals surface area contributed by atoms with Crippen molar-refractivity contribution in [1.82, 2.24) is 9.97 Å². The van der Waals surface area contributed by atoms with Crippen LogP contribution in [0.2, 0.25) is 5.02 Å². The topological polar surface area (TPSA) is 140 Å². The van der Waals surface area contributed by atoms with E-state index in [4.69, 9.17) is 26.8 Å². The maximum Gasteiger partial charge on any atom is 0.404 e. The van der Waals surface area contributed by atoms with Gasteiger partial charge in [-0.15, -0.1) is 0 Å². The van der Waals surface area contributed by atoms with Crippen LogP contribution < -0.4 is 26.4 Å². The van der Waals surface area contributed by atoms with Crippen LogP contribution in [-0.4, -0.2) is 41.2 Å². The Hall–Kier alpha value is -3.53. The predicted molar refractivity (Wildman–Crippen MR) is 127 cm³/mol. The number of aromatic nitrogens is 2. The lowest BCUT2D eigenvalue weighted by molar-refractivity contribution is -0.116. The summed E-state index contributed by atoms with van der Waals surface area (Å²) in [5.74, 6) is 1.64. The lowest BCUT2D eigenvalue weighted by atomic mass is 9.98. The average Bonchev–Trinajstić information content (AvgIpc) is 3.34. The van der Waals surface area contributed by atoms with Gasteiger partial charge < -0.3 is 31.2 Å². The van der Waals surface area contributed by atoms with Crippen molar-refractivity contribution in [2.24, 2.45) is 17.6 Å². The van der Waals surface area contributed by atoms with E-state index < -0.39 is 12.2 Å². The maximum atomic E-state index is 11.9. The number of ether oxygens (including phenoxy) is 2. The number of carbonyl (C=O) groups is 2. The van der Waals surface area contributed by atoms with Crippen LogP contribution in [0.25, 0.3) is 0 Å². The van der Waals surface area contributed by atoms with Crippen LogP contribution in [-0.2, 0) is 16.0 Å². The molecule has 5 rings (SSSR count). The van der Waals surface area contributed by atoms with Gasteiger partial charge in [0.05, 0.1) is 25.0 Å². The van der Waals surface area contributed by atoms with Crippen molar-refractivity contribution < 1.29 is 19.1 Å². The number of methoxy groups -OCH3 is 1. The molecule has 2 aliphatic carbocycles. The fourth-order valence-corrected chi connectivity index (χ4v) is 5.18. The van der Waals surface area contributed by atoms with Gasteiger partial charge in [-0.3, -0.25) is 4.79 Å². The highest BCUT2D eigenvalue weighted by Crippen LogP contribution is 2.43. The first-order valence-electron chi connectivity index (χ1n) is 11.1. The summed E-state index contributed by atoms with van der Waals surface area (Å²) in [6.07, 6.45) is 7.24. The summed E-state index contributed by atoms with van der Waals surface area (Å²) in [5.41, 5.74) is 7.62. The van der Waals surface area contributed by atoms with Gasteiger partial charge in [0.25, 0.3) is 0 Å². The van der Waals surface area contributed by atoms with Crippen molar-refractivity contribution in [2.75, 3.05) is 23.1 Å². The second-order valence-corrected chi connectivity index (χ2v) is 9.02. The Balaban J connectivity index is 1.40. The Morgan fingerprint density at radius 2 is 2.09 bits per heavy atom. The van der Waals surface area contributed by atoms with E-state index in [1.165, 1.54) is 6.20 Å². The first-order chi connectivity index (χ1) is 16.4. The number of fused-ring (bicyclic) bond motifs is 3. The molecule has 11 heteroatoms. The largest absolute Gasteiger partial charge is 0.494 e. The van der Waals surface area contributed by atoms with Crippen molar-refractivity contribution >= 4 is 46.7 Å². The third-order valence-corrected chi connectivity index (χ3v) is 6.78. The van der Waals surface area contributed by atoms with E-state index in [1.54, 1.807) is 7.11 Å². The summed E-state index contributed by atoms with van der Waals surface area (Å²) in [6.45, 7) is 0. The number of amides is 2. The first-order valence-corrected chi connectivity index (χ1v) is 11.5. The van der Waals surface area contributed by atoms with Gasteiger partial charge in [-0.05, 0) is 31.4 Å². The van der Waals surface area contributed by atoms with Gasteiger partial charge in [0.1, 0.15) is 16.9 Å².